The van der Waals surface area contributed by atoms with E-state index in [9.17, 15) is 4.79 Å². The minimum atomic E-state index is -0.323. The van der Waals surface area contributed by atoms with Crippen molar-refractivity contribution in [3.8, 4) is 16.9 Å². The van der Waals surface area contributed by atoms with Gasteiger partial charge in [-0.3, -0.25) is 4.79 Å². The minimum absolute atomic E-state index is 0.0775. The normalized spacial score (nSPS) is 11.6. The molecule has 4 aromatic rings. The van der Waals surface area contributed by atoms with Gasteiger partial charge in [0, 0.05) is 17.8 Å². The fourth-order valence-electron chi connectivity index (χ4n) is 3.15. The number of hydrogen-bond acceptors (Lipinski definition) is 7. The summed E-state index contributed by atoms with van der Waals surface area (Å²) in [7, 11) is 1.65. The zero-order chi connectivity index (χ0) is 23.0. The summed E-state index contributed by atoms with van der Waals surface area (Å²) >= 11 is 2.83. The lowest BCUT2D eigenvalue weighted by molar-refractivity contribution is -0.115. The number of ether oxygens (including phenoxy) is 1. The van der Waals surface area contributed by atoms with E-state index >= 15 is 0 Å². The van der Waals surface area contributed by atoms with Gasteiger partial charge in [0.2, 0.25) is 11.0 Å². The molecular formula is C25H24N4O2S2. The molecule has 3 aromatic carbocycles. The third-order valence-corrected chi connectivity index (χ3v) is 6.99. The molecule has 33 heavy (non-hydrogen) atoms. The van der Waals surface area contributed by atoms with Gasteiger partial charge in [-0.25, -0.2) is 0 Å². The molecule has 1 atom stereocenters. The largest absolute Gasteiger partial charge is 0.497 e. The fraction of sp³-hybridized carbons (Fsp3) is 0.160. The van der Waals surface area contributed by atoms with E-state index in [-0.39, 0.29) is 11.2 Å². The number of anilines is 2. The van der Waals surface area contributed by atoms with Gasteiger partial charge in [0.15, 0.2) is 4.34 Å². The lowest BCUT2D eigenvalue weighted by Gasteiger charge is -2.14. The van der Waals surface area contributed by atoms with Crippen LogP contribution in [0.1, 0.15) is 12.5 Å². The summed E-state index contributed by atoms with van der Waals surface area (Å²) in [6.45, 7) is 2.51. The van der Waals surface area contributed by atoms with Crippen molar-refractivity contribution in [3.05, 3.63) is 84.4 Å². The lowest BCUT2D eigenvalue weighted by atomic mass is 10.0. The zero-order valence-electron chi connectivity index (χ0n) is 18.3. The first-order valence-electron chi connectivity index (χ1n) is 10.4. The number of nitrogens with one attached hydrogen (secondary N) is 2. The van der Waals surface area contributed by atoms with E-state index in [4.69, 9.17) is 4.74 Å². The predicted molar refractivity (Wildman–Crippen MR) is 136 cm³/mol. The molecular weight excluding hydrogens is 452 g/mol. The van der Waals surface area contributed by atoms with Gasteiger partial charge in [0.05, 0.1) is 12.4 Å². The average molecular weight is 477 g/mol. The van der Waals surface area contributed by atoms with Crippen LogP contribution >= 0.6 is 23.1 Å². The highest BCUT2D eigenvalue weighted by atomic mass is 32.2. The molecule has 0 spiro atoms. The number of carbonyl (C=O) groups excluding carboxylic acids is 1. The molecule has 0 radical (unpaired) electrons. The van der Waals surface area contributed by atoms with E-state index in [0.29, 0.717) is 6.54 Å². The molecule has 0 aliphatic carbocycles. The standard InChI is InChI=1S/C25H24N4O2S2/c1-17(23(30)27-22-11-7-6-10-21(22)19-8-4-3-5-9-19)32-25-29-28-24(33-25)26-16-18-12-14-20(31-2)15-13-18/h3-15,17H,16H2,1-2H3,(H,26,28)(H,27,30)/t17-/m1/s1. The molecule has 1 amide bonds. The number of amides is 1. The van der Waals surface area contributed by atoms with Crippen LogP contribution in [0.4, 0.5) is 10.8 Å². The van der Waals surface area contributed by atoms with Gasteiger partial charge in [-0.2, -0.15) is 0 Å². The third kappa shape index (κ3) is 6.12. The van der Waals surface area contributed by atoms with E-state index in [2.05, 4.69) is 20.8 Å². The van der Waals surface area contributed by atoms with Crippen LogP contribution in [0.3, 0.4) is 0 Å². The minimum Gasteiger partial charge on any atom is -0.497 e. The topological polar surface area (TPSA) is 76.1 Å². The second-order valence-electron chi connectivity index (χ2n) is 7.24. The molecule has 6 nitrogen and oxygen atoms in total. The molecule has 2 N–H and O–H groups in total. The first-order valence-corrected chi connectivity index (χ1v) is 12.1. The molecule has 0 unspecified atom stereocenters. The smallest absolute Gasteiger partial charge is 0.237 e. The monoisotopic (exact) mass is 476 g/mol. The van der Waals surface area contributed by atoms with Crippen molar-refractivity contribution >= 4 is 39.8 Å². The maximum Gasteiger partial charge on any atom is 0.237 e. The summed E-state index contributed by atoms with van der Waals surface area (Å²) < 4.78 is 5.92. The molecule has 8 heteroatoms. The van der Waals surface area contributed by atoms with Crippen molar-refractivity contribution in [2.75, 3.05) is 17.7 Å². The number of methoxy groups -OCH3 is 1. The first kappa shape index (κ1) is 22.8. The van der Waals surface area contributed by atoms with Gasteiger partial charge in [0.1, 0.15) is 5.75 Å². The van der Waals surface area contributed by atoms with Crippen LogP contribution in [-0.4, -0.2) is 28.5 Å². The molecule has 0 fully saturated rings. The quantitative estimate of drug-likeness (QED) is 0.291. The fourth-order valence-corrected chi connectivity index (χ4v) is 5.04. The van der Waals surface area contributed by atoms with Crippen LogP contribution in [0.5, 0.6) is 5.75 Å². The Morgan fingerprint density at radius 1 is 1.00 bits per heavy atom. The number of hydrogen-bond donors (Lipinski definition) is 2. The summed E-state index contributed by atoms with van der Waals surface area (Å²) in [4.78, 5) is 12.9. The SMILES string of the molecule is COc1ccc(CNc2nnc(S[C@H](C)C(=O)Nc3ccccc3-c3ccccc3)s2)cc1. The molecule has 0 aliphatic heterocycles. The Bertz CT molecular complexity index is 1200. The third-order valence-electron chi connectivity index (χ3n) is 4.93. The van der Waals surface area contributed by atoms with Crippen molar-refractivity contribution in [1.82, 2.24) is 10.2 Å². The number of rotatable bonds is 9. The highest BCUT2D eigenvalue weighted by Gasteiger charge is 2.18. The van der Waals surface area contributed by atoms with Gasteiger partial charge in [0.25, 0.3) is 0 Å². The number of benzene rings is 3. The van der Waals surface area contributed by atoms with E-state index < -0.39 is 0 Å². The molecule has 0 saturated heterocycles. The molecule has 0 saturated carbocycles. The Kier molecular flexibility index (Phi) is 7.59. The van der Waals surface area contributed by atoms with E-state index in [1.54, 1.807) is 7.11 Å². The van der Waals surface area contributed by atoms with Crippen molar-refractivity contribution in [2.45, 2.75) is 23.1 Å². The summed E-state index contributed by atoms with van der Waals surface area (Å²) in [6, 6.07) is 25.7. The maximum atomic E-state index is 12.9. The summed E-state index contributed by atoms with van der Waals surface area (Å²) in [6.07, 6.45) is 0. The van der Waals surface area contributed by atoms with Gasteiger partial charge < -0.3 is 15.4 Å². The highest BCUT2D eigenvalue weighted by Crippen LogP contribution is 2.31. The Labute approximate surface area is 201 Å². The van der Waals surface area contributed by atoms with Crippen LogP contribution in [0.15, 0.2) is 83.2 Å². The van der Waals surface area contributed by atoms with Crippen molar-refractivity contribution in [2.24, 2.45) is 0 Å². The van der Waals surface area contributed by atoms with E-state index in [1.807, 2.05) is 85.8 Å². The summed E-state index contributed by atoms with van der Waals surface area (Å²) in [5.74, 6) is 0.748. The summed E-state index contributed by atoms with van der Waals surface area (Å²) in [5.41, 5.74) is 3.96. The number of thioether (sulfide) groups is 1. The average Bonchev–Trinajstić information content (AvgIpc) is 3.31. The van der Waals surface area contributed by atoms with Gasteiger partial charge in [-0.15, -0.1) is 10.2 Å². The van der Waals surface area contributed by atoms with E-state index in [0.717, 1.165) is 37.6 Å². The molecule has 0 aliphatic rings. The van der Waals surface area contributed by atoms with Gasteiger partial charge in [-0.1, -0.05) is 83.8 Å². The molecule has 1 heterocycles. The maximum absolute atomic E-state index is 12.9. The highest BCUT2D eigenvalue weighted by molar-refractivity contribution is 8.02. The molecule has 168 valence electrons. The Hall–Kier alpha value is -3.36. The Balaban J connectivity index is 1.34. The van der Waals surface area contributed by atoms with Gasteiger partial charge >= 0.3 is 0 Å². The number of nitrogens with zero attached hydrogens (tertiary/aromatic N) is 2. The first-order chi connectivity index (χ1) is 16.1. The number of para-hydroxylation sites is 1. The molecule has 0 bridgehead atoms. The zero-order valence-corrected chi connectivity index (χ0v) is 20.0. The number of carbonyl (C=O) groups is 1. The van der Waals surface area contributed by atoms with Crippen LogP contribution < -0.4 is 15.4 Å². The predicted octanol–water partition coefficient (Wildman–Crippen LogP) is 5.95. The lowest BCUT2D eigenvalue weighted by Crippen LogP contribution is -2.22. The van der Waals surface area contributed by atoms with Crippen LogP contribution in [0.2, 0.25) is 0 Å². The molecule has 1 aromatic heterocycles. The van der Waals surface area contributed by atoms with Crippen LogP contribution in [0, 0.1) is 0 Å². The van der Waals surface area contributed by atoms with Gasteiger partial charge in [-0.05, 0) is 36.2 Å². The second kappa shape index (κ2) is 11.0. The molecule has 4 rings (SSSR count). The van der Waals surface area contributed by atoms with Crippen molar-refractivity contribution < 1.29 is 9.53 Å². The van der Waals surface area contributed by atoms with Crippen molar-refractivity contribution in [1.29, 1.82) is 0 Å². The van der Waals surface area contributed by atoms with E-state index in [1.165, 1.54) is 23.1 Å². The van der Waals surface area contributed by atoms with Crippen LogP contribution in [0.25, 0.3) is 11.1 Å². The summed E-state index contributed by atoms with van der Waals surface area (Å²) in [5, 5.41) is 15.1. The Morgan fingerprint density at radius 3 is 2.48 bits per heavy atom. The Morgan fingerprint density at radius 2 is 1.73 bits per heavy atom. The van der Waals surface area contributed by atoms with Crippen LogP contribution in [-0.2, 0) is 11.3 Å². The second-order valence-corrected chi connectivity index (χ2v) is 9.80. The number of aromatic nitrogens is 2. The van der Waals surface area contributed by atoms with Crippen molar-refractivity contribution in [3.63, 3.8) is 0 Å².